The normalized spacial score (nSPS) is 40.4. The molecule has 2 aliphatic heterocycles. The molecular formula is C17H32O6. The zero-order valence-electron chi connectivity index (χ0n) is 15.0. The average Bonchev–Trinajstić information content (AvgIpc) is 3.13. The largest absolute Gasteiger partial charge is 0.387 e. The number of aliphatic hydroxyl groups is 1. The van der Waals surface area contributed by atoms with Crippen LogP contribution in [0, 0.1) is 0 Å². The van der Waals surface area contributed by atoms with Gasteiger partial charge in [-0.2, -0.15) is 0 Å². The van der Waals surface area contributed by atoms with Crippen molar-refractivity contribution in [1.29, 1.82) is 0 Å². The standard InChI is InChI=1S/C17H32O6/c1-6-9-19-15(13-11-21-17(5,8-3)23-13)14(18)12-10-20-16(4,7-2)22-12/h12-15,18H,6-11H2,1-5H3. The maximum atomic E-state index is 10.8. The molecule has 1 N–H and O–H groups in total. The first-order chi connectivity index (χ1) is 10.9. The first-order valence-corrected chi connectivity index (χ1v) is 8.79. The predicted octanol–water partition coefficient (Wildman–Crippen LogP) is 2.23. The smallest absolute Gasteiger partial charge is 0.166 e. The molecule has 0 aliphatic carbocycles. The molecule has 2 heterocycles. The fraction of sp³-hybridized carbons (Fsp3) is 1.00. The highest BCUT2D eigenvalue weighted by molar-refractivity contribution is 4.91. The van der Waals surface area contributed by atoms with Gasteiger partial charge in [-0.3, -0.25) is 0 Å². The molecule has 6 unspecified atom stereocenters. The highest BCUT2D eigenvalue weighted by Crippen LogP contribution is 2.33. The molecule has 6 nitrogen and oxygen atoms in total. The van der Waals surface area contributed by atoms with E-state index in [0.29, 0.717) is 19.8 Å². The molecule has 6 atom stereocenters. The Morgan fingerprint density at radius 1 is 1.00 bits per heavy atom. The molecule has 2 rings (SSSR count). The van der Waals surface area contributed by atoms with Crippen LogP contribution in [0.4, 0.5) is 0 Å². The highest BCUT2D eigenvalue weighted by atomic mass is 16.8. The van der Waals surface area contributed by atoms with Gasteiger partial charge in [-0.15, -0.1) is 0 Å². The summed E-state index contributed by atoms with van der Waals surface area (Å²) in [6.07, 6.45) is 0.317. The van der Waals surface area contributed by atoms with Gasteiger partial charge in [-0.1, -0.05) is 20.8 Å². The molecular weight excluding hydrogens is 300 g/mol. The number of aliphatic hydroxyl groups excluding tert-OH is 1. The topological polar surface area (TPSA) is 66.4 Å². The van der Waals surface area contributed by atoms with Crippen LogP contribution in [0.25, 0.3) is 0 Å². The number of rotatable bonds is 8. The lowest BCUT2D eigenvalue weighted by Crippen LogP contribution is -2.49. The first-order valence-electron chi connectivity index (χ1n) is 8.79. The van der Waals surface area contributed by atoms with E-state index < -0.39 is 29.9 Å². The van der Waals surface area contributed by atoms with Crippen molar-refractivity contribution in [2.75, 3.05) is 19.8 Å². The summed E-state index contributed by atoms with van der Waals surface area (Å²) in [5.41, 5.74) is 0. The first kappa shape index (κ1) is 19.1. The lowest BCUT2D eigenvalue weighted by molar-refractivity contribution is -0.203. The number of ether oxygens (including phenoxy) is 5. The van der Waals surface area contributed by atoms with Gasteiger partial charge in [0.25, 0.3) is 0 Å². The van der Waals surface area contributed by atoms with E-state index in [4.69, 9.17) is 23.7 Å². The van der Waals surface area contributed by atoms with Crippen molar-refractivity contribution in [3.63, 3.8) is 0 Å². The molecule has 6 heteroatoms. The Morgan fingerprint density at radius 3 is 2.00 bits per heavy atom. The second-order valence-electron chi connectivity index (χ2n) is 6.74. The minimum absolute atomic E-state index is 0.307. The second-order valence-corrected chi connectivity index (χ2v) is 6.74. The van der Waals surface area contributed by atoms with Crippen LogP contribution in [0.3, 0.4) is 0 Å². The fourth-order valence-electron chi connectivity index (χ4n) is 2.89. The van der Waals surface area contributed by atoms with Crippen molar-refractivity contribution in [2.24, 2.45) is 0 Å². The molecule has 0 radical (unpaired) electrons. The van der Waals surface area contributed by atoms with Gasteiger partial charge in [-0.25, -0.2) is 0 Å². The minimum atomic E-state index is -0.817. The zero-order valence-corrected chi connectivity index (χ0v) is 15.0. The van der Waals surface area contributed by atoms with Crippen molar-refractivity contribution in [3.8, 4) is 0 Å². The van der Waals surface area contributed by atoms with Gasteiger partial charge in [0.1, 0.15) is 24.4 Å². The Kier molecular flexibility index (Phi) is 6.44. The lowest BCUT2D eigenvalue weighted by Gasteiger charge is -2.32. The van der Waals surface area contributed by atoms with Gasteiger partial charge in [-0.05, 0) is 33.1 Å². The maximum absolute atomic E-state index is 10.8. The van der Waals surface area contributed by atoms with Gasteiger partial charge in [0.15, 0.2) is 11.6 Å². The molecule has 0 aromatic heterocycles. The van der Waals surface area contributed by atoms with Gasteiger partial charge in [0.2, 0.25) is 0 Å². The summed E-state index contributed by atoms with van der Waals surface area (Å²) in [5.74, 6) is -1.24. The Balaban J connectivity index is 2.03. The van der Waals surface area contributed by atoms with Crippen LogP contribution < -0.4 is 0 Å². The molecule has 2 fully saturated rings. The molecule has 136 valence electrons. The summed E-state index contributed by atoms with van der Waals surface area (Å²) in [4.78, 5) is 0. The Hall–Kier alpha value is -0.240. The van der Waals surface area contributed by atoms with E-state index in [1.54, 1.807) is 0 Å². The summed E-state index contributed by atoms with van der Waals surface area (Å²) in [6, 6.07) is 0. The third kappa shape index (κ3) is 4.44. The summed E-state index contributed by atoms with van der Waals surface area (Å²) < 4.78 is 29.3. The van der Waals surface area contributed by atoms with E-state index in [1.807, 2.05) is 34.6 Å². The summed E-state index contributed by atoms with van der Waals surface area (Å²) >= 11 is 0. The van der Waals surface area contributed by atoms with Crippen molar-refractivity contribution in [3.05, 3.63) is 0 Å². The molecule has 0 aromatic rings. The number of hydrogen-bond donors (Lipinski definition) is 1. The molecule has 0 spiro atoms. The summed E-state index contributed by atoms with van der Waals surface area (Å²) in [5, 5.41) is 10.8. The SMILES string of the molecule is CCCOC(C1COC(C)(CC)O1)C(O)C1COC(C)(CC)O1. The van der Waals surface area contributed by atoms with Crippen molar-refractivity contribution < 1.29 is 28.8 Å². The molecule has 0 saturated carbocycles. The Bertz CT molecular complexity index is 378. The van der Waals surface area contributed by atoms with Crippen molar-refractivity contribution in [2.45, 2.75) is 89.9 Å². The minimum Gasteiger partial charge on any atom is -0.387 e. The monoisotopic (exact) mass is 332 g/mol. The van der Waals surface area contributed by atoms with Crippen LogP contribution in [0.15, 0.2) is 0 Å². The molecule has 0 aromatic carbocycles. The number of hydrogen-bond acceptors (Lipinski definition) is 6. The van der Waals surface area contributed by atoms with Gasteiger partial charge < -0.3 is 28.8 Å². The fourth-order valence-corrected chi connectivity index (χ4v) is 2.89. The van der Waals surface area contributed by atoms with Crippen LogP contribution in [0.1, 0.15) is 53.9 Å². The van der Waals surface area contributed by atoms with Gasteiger partial charge in [0.05, 0.1) is 13.2 Å². The van der Waals surface area contributed by atoms with E-state index in [9.17, 15) is 5.11 Å². The van der Waals surface area contributed by atoms with E-state index >= 15 is 0 Å². The molecule has 0 bridgehead atoms. The van der Waals surface area contributed by atoms with E-state index in [-0.39, 0.29) is 6.10 Å². The van der Waals surface area contributed by atoms with Crippen LogP contribution in [-0.2, 0) is 23.7 Å². The van der Waals surface area contributed by atoms with Crippen LogP contribution in [0.2, 0.25) is 0 Å². The van der Waals surface area contributed by atoms with E-state index in [0.717, 1.165) is 19.3 Å². The van der Waals surface area contributed by atoms with Crippen molar-refractivity contribution in [1.82, 2.24) is 0 Å². The lowest BCUT2D eigenvalue weighted by atomic mass is 10.0. The van der Waals surface area contributed by atoms with Gasteiger partial charge in [0, 0.05) is 6.61 Å². The maximum Gasteiger partial charge on any atom is 0.166 e. The van der Waals surface area contributed by atoms with Crippen LogP contribution in [-0.4, -0.2) is 60.9 Å². The summed E-state index contributed by atoms with van der Waals surface area (Å²) in [6.45, 7) is 11.2. The summed E-state index contributed by atoms with van der Waals surface area (Å²) in [7, 11) is 0. The quantitative estimate of drug-likeness (QED) is 0.735. The third-order valence-corrected chi connectivity index (χ3v) is 4.79. The molecule has 0 amide bonds. The van der Waals surface area contributed by atoms with Crippen LogP contribution in [0.5, 0.6) is 0 Å². The molecule has 2 aliphatic rings. The average molecular weight is 332 g/mol. The Labute approximate surface area is 139 Å². The molecule has 23 heavy (non-hydrogen) atoms. The Morgan fingerprint density at radius 2 is 1.52 bits per heavy atom. The highest BCUT2D eigenvalue weighted by Gasteiger charge is 2.47. The zero-order chi connectivity index (χ0) is 17.1. The predicted molar refractivity (Wildman–Crippen MR) is 85.1 cm³/mol. The molecule has 2 saturated heterocycles. The van der Waals surface area contributed by atoms with Crippen LogP contribution >= 0.6 is 0 Å². The van der Waals surface area contributed by atoms with E-state index in [1.165, 1.54) is 0 Å². The third-order valence-electron chi connectivity index (χ3n) is 4.79. The van der Waals surface area contributed by atoms with E-state index in [2.05, 4.69) is 0 Å². The van der Waals surface area contributed by atoms with Gasteiger partial charge >= 0.3 is 0 Å². The second kappa shape index (κ2) is 7.76. The van der Waals surface area contributed by atoms with Crippen molar-refractivity contribution >= 4 is 0 Å².